The number of nitrogens with zero attached hydrogens (tertiary/aromatic N) is 2. The molecule has 190 valence electrons. The minimum atomic E-state index is -2.29. The SMILES string of the molecule is CN(CC(F)F)[C@@H]1CCC2=CC3=CC[C@]4(C)C(c5ccc6ccncc6c5)CC[C@H]4[C@@]34CCC2(C1)O4. The number of rotatable bonds is 4. The van der Waals surface area contributed by atoms with Crippen LogP contribution in [0, 0.1) is 11.3 Å². The zero-order chi connectivity index (χ0) is 24.7. The number of hydrogen-bond donors (Lipinski definition) is 0. The molecule has 2 bridgehead atoms. The monoisotopic (exact) mass is 490 g/mol. The third-order valence-electron chi connectivity index (χ3n) is 10.8. The number of ether oxygens (including phenoxy) is 1. The summed E-state index contributed by atoms with van der Waals surface area (Å²) in [7, 11) is 1.86. The fraction of sp³-hybridized carbons (Fsp3) is 0.581. The first-order valence-electron chi connectivity index (χ1n) is 13.8. The molecule has 2 aromatic rings. The molecule has 0 N–H and O–H groups in total. The van der Waals surface area contributed by atoms with Crippen molar-refractivity contribution in [3.63, 3.8) is 0 Å². The number of hydrogen-bond acceptors (Lipinski definition) is 3. The second kappa shape index (κ2) is 7.94. The van der Waals surface area contributed by atoms with Gasteiger partial charge in [0.05, 0.1) is 17.7 Å². The maximum atomic E-state index is 13.1. The number of pyridine rings is 1. The van der Waals surface area contributed by atoms with Gasteiger partial charge in [-0.3, -0.25) is 9.88 Å². The number of allylic oxidation sites excluding steroid dienone is 1. The molecule has 1 aromatic carbocycles. The van der Waals surface area contributed by atoms with Crippen molar-refractivity contribution in [1.82, 2.24) is 9.88 Å². The van der Waals surface area contributed by atoms with E-state index in [1.54, 1.807) is 0 Å². The smallest absolute Gasteiger partial charge is 0.251 e. The Labute approximate surface area is 212 Å². The van der Waals surface area contributed by atoms with Gasteiger partial charge < -0.3 is 4.74 Å². The highest BCUT2D eigenvalue weighted by Crippen LogP contribution is 2.69. The van der Waals surface area contributed by atoms with E-state index >= 15 is 0 Å². The van der Waals surface area contributed by atoms with Crippen molar-refractivity contribution >= 4 is 10.8 Å². The van der Waals surface area contributed by atoms with Gasteiger partial charge in [-0.05, 0) is 110 Å². The Bertz CT molecular complexity index is 1270. The minimum absolute atomic E-state index is 0.150. The average Bonchev–Trinajstić information content (AvgIpc) is 3.38. The number of alkyl halides is 2. The largest absolute Gasteiger partial charge is 0.359 e. The predicted molar refractivity (Wildman–Crippen MR) is 138 cm³/mol. The molecule has 3 fully saturated rings. The average molecular weight is 491 g/mol. The quantitative estimate of drug-likeness (QED) is 0.460. The summed E-state index contributed by atoms with van der Waals surface area (Å²) in [4.78, 5) is 6.23. The highest BCUT2D eigenvalue weighted by Gasteiger charge is 2.66. The van der Waals surface area contributed by atoms with Crippen molar-refractivity contribution in [2.45, 2.75) is 87.9 Å². The van der Waals surface area contributed by atoms with Gasteiger partial charge in [0.2, 0.25) is 0 Å². The van der Waals surface area contributed by atoms with Crippen molar-refractivity contribution in [2.75, 3.05) is 13.6 Å². The lowest BCUT2D eigenvalue weighted by Gasteiger charge is -2.55. The molecular formula is C31H36F2N2O. The maximum Gasteiger partial charge on any atom is 0.251 e. The van der Waals surface area contributed by atoms with Crippen LogP contribution < -0.4 is 0 Å². The molecule has 5 aliphatic rings. The van der Waals surface area contributed by atoms with E-state index in [0.717, 1.165) is 38.5 Å². The second-order valence-electron chi connectivity index (χ2n) is 12.4. The normalized spacial score (nSPS) is 39.1. The summed E-state index contributed by atoms with van der Waals surface area (Å²) in [6.45, 7) is 2.35. The van der Waals surface area contributed by atoms with Crippen LogP contribution in [0.5, 0.6) is 0 Å². The lowest BCUT2D eigenvalue weighted by atomic mass is 9.58. The van der Waals surface area contributed by atoms with Crippen LogP contribution in [0.1, 0.15) is 69.8 Å². The summed E-state index contributed by atoms with van der Waals surface area (Å²) in [5, 5.41) is 2.46. The molecule has 2 saturated carbocycles. The summed E-state index contributed by atoms with van der Waals surface area (Å²) in [5.74, 6) is 0.983. The van der Waals surface area contributed by atoms with Gasteiger partial charge in [-0.1, -0.05) is 31.2 Å². The number of benzene rings is 1. The Kier molecular flexibility index (Phi) is 5.08. The fourth-order valence-corrected chi connectivity index (χ4v) is 8.99. The van der Waals surface area contributed by atoms with E-state index in [1.165, 1.54) is 40.3 Å². The first-order valence-corrected chi connectivity index (χ1v) is 13.8. The molecule has 5 heteroatoms. The summed E-state index contributed by atoms with van der Waals surface area (Å²) in [6.07, 6.45) is 14.8. The summed E-state index contributed by atoms with van der Waals surface area (Å²) in [6, 6.07) is 9.19. The van der Waals surface area contributed by atoms with E-state index < -0.39 is 6.43 Å². The summed E-state index contributed by atoms with van der Waals surface area (Å²) in [5.41, 5.74) is 3.94. The number of aromatic nitrogens is 1. The first kappa shape index (κ1) is 23.0. The van der Waals surface area contributed by atoms with Gasteiger partial charge in [-0.2, -0.15) is 0 Å². The predicted octanol–water partition coefficient (Wildman–Crippen LogP) is 7.04. The maximum absolute atomic E-state index is 13.1. The second-order valence-corrected chi connectivity index (χ2v) is 12.4. The van der Waals surface area contributed by atoms with Crippen LogP contribution in [0.2, 0.25) is 0 Å². The Morgan fingerprint density at radius 3 is 2.89 bits per heavy atom. The van der Waals surface area contributed by atoms with E-state index in [-0.39, 0.29) is 29.2 Å². The highest BCUT2D eigenvalue weighted by molar-refractivity contribution is 5.82. The van der Waals surface area contributed by atoms with Crippen LogP contribution in [-0.4, -0.2) is 47.1 Å². The van der Waals surface area contributed by atoms with E-state index in [0.29, 0.717) is 11.8 Å². The zero-order valence-corrected chi connectivity index (χ0v) is 21.4. The van der Waals surface area contributed by atoms with Crippen molar-refractivity contribution < 1.29 is 13.5 Å². The summed E-state index contributed by atoms with van der Waals surface area (Å²) >= 11 is 0. The van der Waals surface area contributed by atoms with E-state index in [1.807, 2.05) is 24.3 Å². The van der Waals surface area contributed by atoms with Gasteiger partial charge in [0, 0.05) is 23.8 Å². The molecule has 1 aromatic heterocycles. The third-order valence-corrected chi connectivity index (χ3v) is 10.8. The lowest BCUT2D eigenvalue weighted by Crippen LogP contribution is -2.55. The molecule has 2 aliphatic heterocycles. The van der Waals surface area contributed by atoms with E-state index in [9.17, 15) is 8.78 Å². The highest BCUT2D eigenvalue weighted by atomic mass is 19.3. The van der Waals surface area contributed by atoms with E-state index in [4.69, 9.17) is 4.74 Å². The van der Waals surface area contributed by atoms with Crippen molar-refractivity contribution in [1.29, 1.82) is 0 Å². The molecule has 3 heterocycles. The molecule has 2 spiro atoms. The van der Waals surface area contributed by atoms with Crippen molar-refractivity contribution in [3.05, 3.63) is 65.5 Å². The number of fused-ring (bicyclic) bond motifs is 2. The van der Waals surface area contributed by atoms with Gasteiger partial charge in [-0.15, -0.1) is 0 Å². The third kappa shape index (κ3) is 3.18. The number of halogens is 2. The van der Waals surface area contributed by atoms with Crippen LogP contribution in [0.15, 0.2) is 60.0 Å². The Morgan fingerprint density at radius 2 is 2.03 bits per heavy atom. The molecule has 3 aliphatic carbocycles. The van der Waals surface area contributed by atoms with Crippen LogP contribution in [0.25, 0.3) is 10.8 Å². The molecule has 7 rings (SSSR count). The standard InChI is InChI=1S/C31H36F2N2O/c1-29-11-9-24-16-23-5-6-25(35(2)19-28(32)33)17-30(23)12-13-31(24,36-30)27(29)8-7-26(29)21-4-3-20-10-14-34-18-22(20)15-21/h3-4,9-10,14-16,18,25-28H,5-8,11-13,17,19H2,1-2H3/t25-,26?,27-,29-,30?,31-/m1/s1. The summed E-state index contributed by atoms with van der Waals surface area (Å²) < 4.78 is 33.6. The van der Waals surface area contributed by atoms with Crippen molar-refractivity contribution in [3.8, 4) is 0 Å². The van der Waals surface area contributed by atoms with Gasteiger partial charge in [0.1, 0.15) is 0 Å². The van der Waals surface area contributed by atoms with Crippen molar-refractivity contribution in [2.24, 2.45) is 11.3 Å². The van der Waals surface area contributed by atoms with Gasteiger partial charge in [0.15, 0.2) is 0 Å². The molecule has 3 nitrogen and oxygen atoms in total. The molecular weight excluding hydrogens is 454 g/mol. The molecule has 0 amide bonds. The molecule has 2 unspecified atom stereocenters. The molecule has 36 heavy (non-hydrogen) atoms. The van der Waals surface area contributed by atoms with Crippen LogP contribution >= 0.6 is 0 Å². The van der Waals surface area contributed by atoms with Gasteiger partial charge >= 0.3 is 0 Å². The first-order chi connectivity index (χ1) is 17.3. The molecule has 6 atom stereocenters. The molecule has 1 saturated heterocycles. The Hall–Kier alpha value is -2.11. The topological polar surface area (TPSA) is 25.4 Å². The minimum Gasteiger partial charge on any atom is -0.359 e. The van der Waals surface area contributed by atoms with Crippen LogP contribution in [0.3, 0.4) is 0 Å². The van der Waals surface area contributed by atoms with Gasteiger partial charge in [0.25, 0.3) is 6.43 Å². The van der Waals surface area contributed by atoms with Gasteiger partial charge in [-0.25, -0.2) is 8.78 Å². The Morgan fingerprint density at radius 1 is 1.14 bits per heavy atom. The van der Waals surface area contributed by atoms with Crippen LogP contribution in [0.4, 0.5) is 8.78 Å². The Balaban J connectivity index is 1.22. The molecule has 0 radical (unpaired) electrons. The van der Waals surface area contributed by atoms with E-state index in [2.05, 4.69) is 48.3 Å². The zero-order valence-electron chi connectivity index (χ0n) is 21.4. The van der Waals surface area contributed by atoms with Crippen LogP contribution in [-0.2, 0) is 4.74 Å². The fourth-order valence-electron chi connectivity index (χ4n) is 8.99. The lowest BCUT2D eigenvalue weighted by molar-refractivity contribution is -0.141.